The van der Waals surface area contributed by atoms with Gasteiger partial charge in [-0.25, -0.2) is 28.8 Å². The molecule has 14 nitrogen and oxygen atoms in total. The van der Waals surface area contributed by atoms with Gasteiger partial charge in [-0.1, -0.05) is 56.5 Å². The molecule has 0 heterocycles. The van der Waals surface area contributed by atoms with E-state index in [0.717, 1.165) is 22.3 Å². The van der Waals surface area contributed by atoms with E-state index in [-0.39, 0.29) is 28.6 Å². The largest absolute Gasteiger partial charge is 0.516 e. The number of carbonyl (C=O) groups excluding carboxylic acids is 6. The molecule has 0 aliphatic heterocycles. The van der Waals surface area contributed by atoms with Gasteiger partial charge in [-0.3, -0.25) is 0 Å². The van der Waals surface area contributed by atoms with E-state index in [1.807, 2.05) is 19.1 Å². The number of fused-ring (bicyclic) bond motifs is 3. The van der Waals surface area contributed by atoms with Crippen molar-refractivity contribution in [2.45, 2.75) is 26.7 Å². The number of hydrogen-bond acceptors (Lipinski definition) is 14. The van der Waals surface area contributed by atoms with Crippen molar-refractivity contribution in [1.82, 2.24) is 0 Å². The van der Waals surface area contributed by atoms with E-state index in [1.165, 1.54) is 62.4 Å². The van der Waals surface area contributed by atoms with E-state index in [4.69, 9.17) is 18.9 Å². The zero-order chi connectivity index (χ0) is 41.8. The summed E-state index contributed by atoms with van der Waals surface area (Å²) in [5.41, 5.74) is 5.36. The topological polar surface area (TPSA) is 176 Å². The standard InChI is InChI=1S/C44H36O14/c1-26(2)41(47)51-24-53-43(49)57-31-12-6-29(7-13-31)10-20-39(45)55-33-16-18-35-36-19-17-34(23-38(36)28(5)37(35)22-33)56-40(46)21-11-30-8-14-32(15-9-30)58-44(50)54-25-52-42(48)27(3)4/h6-23,28H,1,3,24-25H2,2,4-5H3/b20-10+,21-11+. The Labute approximate surface area is 332 Å². The zero-order valence-electron chi connectivity index (χ0n) is 31.5. The number of hydrogen-bond donors (Lipinski definition) is 0. The van der Waals surface area contributed by atoms with Crippen molar-refractivity contribution in [3.63, 3.8) is 0 Å². The van der Waals surface area contributed by atoms with Crippen LogP contribution in [-0.2, 0) is 38.1 Å². The second kappa shape index (κ2) is 19.2. The molecular formula is C44H36O14. The van der Waals surface area contributed by atoms with E-state index in [1.54, 1.807) is 48.5 Å². The molecule has 14 heteroatoms. The molecule has 0 spiro atoms. The van der Waals surface area contributed by atoms with Gasteiger partial charge in [-0.05, 0) is 108 Å². The minimum atomic E-state index is -1.07. The van der Waals surface area contributed by atoms with Crippen LogP contribution in [0.4, 0.5) is 9.59 Å². The molecule has 4 aromatic rings. The Hall–Kier alpha value is -7.74. The molecule has 0 atom stereocenters. The van der Waals surface area contributed by atoms with Crippen molar-refractivity contribution in [1.29, 1.82) is 0 Å². The van der Waals surface area contributed by atoms with E-state index in [9.17, 15) is 28.8 Å². The van der Waals surface area contributed by atoms with Crippen LogP contribution in [-0.4, -0.2) is 49.8 Å². The normalized spacial score (nSPS) is 11.5. The summed E-state index contributed by atoms with van der Waals surface area (Å²) in [5.74, 6) is -1.68. The van der Waals surface area contributed by atoms with E-state index >= 15 is 0 Å². The van der Waals surface area contributed by atoms with Gasteiger partial charge >= 0.3 is 36.2 Å². The molecule has 0 amide bonds. The Morgan fingerprint density at radius 3 is 1.24 bits per heavy atom. The van der Waals surface area contributed by atoms with Gasteiger partial charge in [0, 0.05) is 29.2 Å². The van der Waals surface area contributed by atoms with Crippen LogP contribution >= 0.6 is 0 Å². The molecule has 0 fully saturated rings. The van der Waals surface area contributed by atoms with Gasteiger partial charge in [-0.15, -0.1) is 0 Å². The lowest BCUT2D eigenvalue weighted by atomic mass is 9.99. The van der Waals surface area contributed by atoms with Gasteiger partial charge in [0.25, 0.3) is 0 Å². The molecule has 1 aliphatic carbocycles. The fourth-order valence-corrected chi connectivity index (χ4v) is 5.27. The van der Waals surface area contributed by atoms with Crippen LogP contribution in [0.1, 0.15) is 48.9 Å². The first-order chi connectivity index (χ1) is 27.7. The van der Waals surface area contributed by atoms with Crippen LogP contribution in [0.3, 0.4) is 0 Å². The Morgan fingerprint density at radius 2 is 0.879 bits per heavy atom. The third-order valence-corrected chi connectivity index (χ3v) is 8.12. The molecular weight excluding hydrogens is 752 g/mol. The maximum Gasteiger partial charge on any atom is 0.516 e. The molecule has 296 valence electrons. The van der Waals surface area contributed by atoms with Crippen LogP contribution in [0.2, 0.25) is 0 Å². The van der Waals surface area contributed by atoms with Crippen molar-refractivity contribution < 1.29 is 66.7 Å². The quantitative estimate of drug-likeness (QED) is 0.0392. The highest BCUT2D eigenvalue weighted by atomic mass is 16.8. The number of benzene rings is 4. The summed E-state index contributed by atoms with van der Waals surface area (Å²) in [5, 5.41) is 0. The minimum absolute atomic E-state index is 0.0952. The Bertz CT molecular complexity index is 2150. The van der Waals surface area contributed by atoms with E-state index in [0.29, 0.717) is 22.6 Å². The molecule has 0 saturated carbocycles. The van der Waals surface area contributed by atoms with Crippen molar-refractivity contribution in [3.05, 3.63) is 144 Å². The Balaban J connectivity index is 1.09. The predicted molar refractivity (Wildman–Crippen MR) is 207 cm³/mol. The summed E-state index contributed by atoms with van der Waals surface area (Å²) in [6.07, 6.45) is 3.46. The first-order valence-corrected chi connectivity index (χ1v) is 17.4. The van der Waals surface area contributed by atoms with Gasteiger partial charge in [0.2, 0.25) is 13.6 Å². The second-order valence-electron chi connectivity index (χ2n) is 12.5. The number of esters is 4. The fourth-order valence-electron chi connectivity index (χ4n) is 5.27. The van der Waals surface area contributed by atoms with Crippen molar-refractivity contribution in [2.24, 2.45) is 0 Å². The molecule has 0 unspecified atom stereocenters. The molecule has 5 rings (SSSR count). The average molecular weight is 789 g/mol. The van der Waals surface area contributed by atoms with Crippen LogP contribution in [0.15, 0.2) is 121 Å². The maximum absolute atomic E-state index is 12.7. The number of carbonyl (C=O) groups is 6. The summed E-state index contributed by atoms with van der Waals surface area (Å²) in [6.45, 7) is 10.5. The molecule has 4 aromatic carbocycles. The van der Waals surface area contributed by atoms with Crippen LogP contribution in [0.5, 0.6) is 23.0 Å². The summed E-state index contributed by atoms with van der Waals surface area (Å²) < 4.78 is 39.9. The molecule has 0 aromatic heterocycles. The van der Waals surface area contributed by atoms with E-state index < -0.39 is 49.8 Å². The van der Waals surface area contributed by atoms with E-state index in [2.05, 4.69) is 32.1 Å². The third-order valence-electron chi connectivity index (χ3n) is 8.12. The Kier molecular flexibility index (Phi) is 13.7. The highest BCUT2D eigenvalue weighted by molar-refractivity contribution is 5.91. The highest BCUT2D eigenvalue weighted by Gasteiger charge is 2.27. The second-order valence-corrected chi connectivity index (χ2v) is 12.5. The number of rotatable bonds is 14. The minimum Gasteiger partial charge on any atom is -0.424 e. The van der Waals surface area contributed by atoms with Crippen molar-refractivity contribution in [3.8, 4) is 34.1 Å². The smallest absolute Gasteiger partial charge is 0.424 e. The first-order valence-electron chi connectivity index (χ1n) is 17.4. The lowest BCUT2D eigenvalue weighted by Crippen LogP contribution is -2.15. The first kappa shape index (κ1) is 41.4. The number of ether oxygens (including phenoxy) is 8. The van der Waals surface area contributed by atoms with Gasteiger partial charge in [0.1, 0.15) is 23.0 Å². The maximum atomic E-state index is 12.7. The van der Waals surface area contributed by atoms with Crippen molar-refractivity contribution in [2.75, 3.05) is 13.6 Å². The monoisotopic (exact) mass is 788 g/mol. The highest BCUT2D eigenvalue weighted by Crippen LogP contribution is 2.47. The molecule has 0 radical (unpaired) electrons. The lowest BCUT2D eigenvalue weighted by Gasteiger charge is -2.09. The van der Waals surface area contributed by atoms with Crippen LogP contribution in [0.25, 0.3) is 23.3 Å². The summed E-state index contributed by atoms with van der Waals surface area (Å²) in [6, 6.07) is 23.1. The van der Waals surface area contributed by atoms with Gasteiger partial charge < -0.3 is 37.9 Å². The van der Waals surface area contributed by atoms with Gasteiger partial charge in [-0.2, -0.15) is 0 Å². The Morgan fingerprint density at radius 1 is 0.517 bits per heavy atom. The average Bonchev–Trinajstić information content (AvgIpc) is 3.46. The lowest BCUT2D eigenvalue weighted by molar-refractivity contribution is -0.148. The molecule has 0 bridgehead atoms. The summed E-state index contributed by atoms with van der Waals surface area (Å²) in [4.78, 5) is 71.6. The fraction of sp³-hybridized carbons (Fsp3) is 0.136. The SMILES string of the molecule is C=C(C)C(=O)OCOC(=O)Oc1ccc(/C=C/C(=O)Oc2ccc3c(c2)C(C)c2cc(OC(=O)/C=C/c4ccc(OC(=O)OCOC(=O)C(=C)C)cc4)ccc2-3)cc1. The van der Waals surface area contributed by atoms with Crippen molar-refractivity contribution >= 4 is 48.3 Å². The van der Waals surface area contributed by atoms with Gasteiger partial charge in [0.15, 0.2) is 0 Å². The summed E-state index contributed by atoms with van der Waals surface area (Å²) in [7, 11) is 0. The molecule has 0 saturated heterocycles. The molecule has 1 aliphatic rings. The van der Waals surface area contributed by atoms with Crippen LogP contribution < -0.4 is 18.9 Å². The molecule has 0 N–H and O–H groups in total. The predicted octanol–water partition coefficient (Wildman–Crippen LogP) is 8.24. The third kappa shape index (κ3) is 11.6. The van der Waals surface area contributed by atoms with Gasteiger partial charge in [0.05, 0.1) is 0 Å². The summed E-state index contributed by atoms with van der Waals surface area (Å²) >= 11 is 0. The van der Waals surface area contributed by atoms with Crippen LogP contribution in [0, 0.1) is 0 Å². The zero-order valence-corrected chi connectivity index (χ0v) is 31.5. The molecule has 58 heavy (non-hydrogen) atoms.